The molecule has 0 spiro atoms. The van der Waals surface area contributed by atoms with E-state index in [1.807, 2.05) is 6.92 Å². The minimum atomic E-state index is 0.641. The average molecular weight is 164 g/mol. The number of hydrogen-bond acceptors (Lipinski definition) is 4. The maximum Gasteiger partial charge on any atom is 0.131 e. The lowest BCUT2D eigenvalue weighted by molar-refractivity contribution is 0.351. The van der Waals surface area contributed by atoms with Crippen molar-refractivity contribution in [2.75, 3.05) is 12.8 Å². The molecule has 0 aliphatic carbocycles. The Balaban J connectivity index is 2.52. The number of nitrogen functional groups attached to an aromatic ring is 1. The third-order valence-corrected chi connectivity index (χ3v) is 2.08. The highest BCUT2D eigenvalue weighted by molar-refractivity contribution is 5.44. The zero-order valence-corrected chi connectivity index (χ0v) is 7.33. The van der Waals surface area contributed by atoms with Crippen molar-refractivity contribution in [3.05, 3.63) is 17.1 Å². The van der Waals surface area contributed by atoms with Crippen molar-refractivity contribution >= 4 is 5.82 Å². The van der Waals surface area contributed by atoms with Crippen molar-refractivity contribution in [3.8, 4) is 0 Å². The van der Waals surface area contributed by atoms with Gasteiger partial charge in [0.2, 0.25) is 0 Å². The molecule has 0 saturated carbocycles. The monoisotopic (exact) mass is 164 g/mol. The number of nitrogens with zero attached hydrogens (tertiary/aromatic N) is 3. The maximum atomic E-state index is 5.76. The van der Waals surface area contributed by atoms with Crippen LogP contribution in [0.5, 0.6) is 0 Å². The van der Waals surface area contributed by atoms with Crippen LogP contribution in [0.3, 0.4) is 0 Å². The van der Waals surface area contributed by atoms with Crippen LogP contribution >= 0.6 is 0 Å². The molecule has 0 unspecified atom stereocenters. The summed E-state index contributed by atoms with van der Waals surface area (Å²) in [4.78, 5) is 10.6. The SMILES string of the molecule is Cc1nc(N)c2c(n1)CN(C)C2. The summed E-state index contributed by atoms with van der Waals surface area (Å²) < 4.78 is 0. The lowest BCUT2D eigenvalue weighted by Crippen LogP contribution is -2.08. The molecule has 1 aliphatic heterocycles. The Kier molecular flexibility index (Phi) is 1.51. The standard InChI is InChI=1S/C8H12N4/c1-5-10-7-4-12(2)3-6(7)8(9)11-5/h3-4H2,1-2H3,(H2,9,10,11). The molecule has 2 N–H and O–H groups in total. The molecule has 4 heteroatoms. The number of rotatable bonds is 0. The Hall–Kier alpha value is -1.16. The van der Waals surface area contributed by atoms with Gasteiger partial charge in [0.15, 0.2) is 0 Å². The molecule has 64 valence electrons. The van der Waals surface area contributed by atoms with Gasteiger partial charge in [-0.25, -0.2) is 9.97 Å². The highest BCUT2D eigenvalue weighted by Gasteiger charge is 2.20. The second-order valence-electron chi connectivity index (χ2n) is 3.25. The van der Waals surface area contributed by atoms with Crippen molar-refractivity contribution in [2.45, 2.75) is 20.0 Å². The molecule has 4 nitrogen and oxygen atoms in total. The van der Waals surface area contributed by atoms with E-state index in [1.54, 1.807) is 0 Å². The van der Waals surface area contributed by atoms with Gasteiger partial charge in [-0.05, 0) is 14.0 Å². The van der Waals surface area contributed by atoms with Crippen LogP contribution < -0.4 is 5.73 Å². The van der Waals surface area contributed by atoms with E-state index in [0.29, 0.717) is 5.82 Å². The maximum absolute atomic E-state index is 5.76. The first-order valence-corrected chi connectivity index (χ1v) is 3.97. The van der Waals surface area contributed by atoms with E-state index >= 15 is 0 Å². The topological polar surface area (TPSA) is 55.0 Å². The molecule has 1 aromatic heterocycles. The van der Waals surface area contributed by atoms with Gasteiger partial charge >= 0.3 is 0 Å². The summed E-state index contributed by atoms with van der Waals surface area (Å²) in [5.74, 6) is 1.41. The van der Waals surface area contributed by atoms with Crippen LogP contribution in [0.25, 0.3) is 0 Å². The van der Waals surface area contributed by atoms with Crippen LogP contribution in [0.1, 0.15) is 17.1 Å². The van der Waals surface area contributed by atoms with Gasteiger partial charge in [-0.15, -0.1) is 0 Å². The Morgan fingerprint density at radius 1 is 1.33 bits per heavy atom. The summed E-state index contributed by atoms with van der Waals surface area (Å²) in [6, 6.07) is 0. The Morgan fingerprint density at radius 2 is 2.08 bits per heavy atom. The minimum Gasteiger partial charge on any atom is -0.383 e. The highest BCUT2D eigenvalue weighted by atomic mass is 15.1. The van der Waals surface area contributed by atoms with Crippen LogP contribution in [0.15, 0.2) is 0 Å². The molecule has 2 heterocycles. The number of aromatic nitrogens is 2. The van der Waals surface area contributed by atoms with Gasteiger partial charge in [0.25, 0.3) is 0 Å². The summed E-state index contributed by atoms with van der Waals surface area (Å²) in [5, 5.41) is 0. The molecule has 2 rings (SSSR count). The second-order valence-corrected chi connectivity index (χ2v) is 3.25. The molecular formula is C8H12N4. The van der Waals surface area contributed by atoms with E-state index in [9.17, 15) is 0 Å². The number of fused-ring (bicyclic) bond motifs is 1. The molecule has 0 atom stereocenters. The fourth-order valence-corrected chi connectivity index (χ4v) is 1.56. The summed E-state index contributed by atoms with van der Waals surface area (Å²) in [7, 11) is 2.05. The lowest BCUT2D eigenvalue weighted by Gasteiger charge is -2.02. The van der Waals surface area contributed by atoms with Crippen molar-refractivity contribution in [2.24, 2.45) is 0 Å². The Morgan fingerprint density at radius 3 is 2.83 bits per heavy atom. The molecule has 0 bridgehead atoms. The number of anilines is 1. The zero-order valence-electron chi connectivity index (χ0n) is 7.33. The molecule has 0 amide bonds. The van der Waals surface area contributed by atoms with Gasteiger partial charge in [-0.1, -0.05) is 0 Å². The minimum absolute atomic E-state index is 0.641. The van der Waals surface area contributed by atoms with E-state index in [0.717, 1.165) is 30.2 Å². The van der Waals surface area contributed by atoms with Crippen molar-refractivity contribution in [3.63, 3.8) is 0 Å². The average Bonchev–Trinajstić information content (AvgIpc) is 2.29. The van der Waals surface area contributed by atoms with Gasteiger partial charge in [0.1, 0.15) is 11.6 Å². The normalized spacial score (nSPS) is 16.5. The van der Waals surface area contributed by atoms with Crippen molar-refractivity contribution in [1.82, 2.24) is 14.9 Å². The number of hydrogen-bond donors (Lipinski definition) is 1. The molecule has 0 aromatic carbocycles. The number of nitrogens with two attached hydrogens (primary N) is 1. The van der Waals surface area contributed by atoms with Crippen molar-refractivity contribution < 1.29 is 0 Å². The molecular weight excluding hydrogens is 152 g/mol. The molecule has 0 fully saturated rings. The second kappa shape index (κ2) is 2.42. The first-order chi connectivity index (χ1) is 5.66. The summed E-state index contributed by atoms with van der Waals surface area (Å²) >= 11 is 0. The van der Waals surface area contributed by atoms with Gasteiger partial charge < -0.3 is 5.73 Å². The first-order valence-electron chi connectivity index (χ1n) is 3.97. The predicted molar refractivity (Wildman–Crippen MR) is 46.4 cm³/mol. The van der Waals surface area contributed by atoms with Crippen LogP contribution in [0.4, 0.5) is 5.82 Å². The van der Waals surface area contributed by atoms with Crippen LogP contribution in [0, 0.1) is 6.92 Å². The van der Waals surface area contributed by atoms with E-state index in [2.05, 4.69) is 21.9 Å². The third-order valence-electron chi connectivity index (χ3n) is 2.08. The van der Waals surface area contributed by atoms with Gasteiger partial charge in [0.05, 0.1) is 5.69 Å². The van der Waals surface area contributed by atoms with E-state index in [1.165, 1.54) is 0 Å². The largest absolute Gasteiger partial charge is 0.383 e. The van der Waals surface area contributed by atoms with E-state index in [4.69, 9.17) is 5.73 Å². The number of aryl methyl sites for hydroxylation is 1. The van der Waals surface area contributed by atoms with Crippen LogP contribution in [-0.4, -0.2) is 21.9 Å². The smallest absolute Gasteiger partial charge is 0.131 e. The zero-order chi connectivity index (χ0) is 8.72. The van der Waals surface area contributed by atoms with Gasteiger partial charge in [-0.2, -0.15) is 0 Å². The molecule has 1 aromatic rings. The Bertz CT molecular complexity index is 321. The highest BCUT2D eigenvalue weighted by Crippen LogP contribution is 2.23. The summed E-state index contributed by atoms with van der Waals surface area (Å²) in [6.45, 7) is 3.64. The van der Waals surface area contributed by atoms with Crippen LogP contribution in [0.2, 0.25) is 0 Å². The fourth-order valence-electron chi connectivity index (χ4n) is 1.56. The fraction of sp³-hybridized carbons (Fsp3) is 0.500. The van der Waals surface area contributed by atoms with E-state index < -0.39 is 0 Å². The van der Waals surface area contributed by atoms with Gasteiger partial charge in [-0.3, -0.25) is 4.90 Å². The van der Waals surface area contributed by atoms with Gasteiger partial charge in [0, 0.05) is 18.7 Å². The van der Waals surface area contributed by atoms with E-state index in [-0.39, 0.29) is 0 Å². The predicted octanol–water partition coefficient (Wildman–Crippen LogP) is 0.313. The quantitative estimate of drug-likeness (QED) is 0.599. The van der Waals surface area contributed by atoms with Crippen molar-refractivity contribution in [1.29, 1.82) is 0 Å². The molecule has 0 saturated heterocycles. The summed E-state index contributed by atoms with van der Waals surface area (Å²) in [6.07, 6.45) is 0. The molecule has 0 radical (unpaired) electrons. The molecule has 1 aliphatic rings. The Labute approximate surface area is 71.4 Å². The third kappa shape index (κ3) is 1.04. The van der Waals surface area contributed by atoms with Crippen LogP contribution in [-0.2, 0) is 13.1 Å². The first kappa shape index (κ1) is 7.49. The summed E-state index contributed by atoms with van der Waals surface area (Å²) in [5.41, 5.74) is 7.94. The lowest BCUT2D eigenvalue weighted by atomic mass is 10.2. The molecule has 12 heavy (non-hydrogen) atoms.